The average molecular weight is 144 g/mol. The van der Waals surface area contributed by atoms with Crippen LogP contribution < -0.4 is 0 Å². The zero-order valence-corrected chi connectivity index (χ0v) is 5.46. The fraction of sp³-hybridized carbons (Fsp3) is 0.857. The van der Waals surface area contributed by atoms with Gasteiger partial charge >= 0.3 is 5.97 Å². The van der Waals surface area contributed by atoms with Crippen LogP contribution in [0.2, 0.25) is 0 Å². The number of carbonyl (C=O) groups is 1. The number of hydrogen-bond acceptors (Lipinski definition) is 1. The summed E-state index contributed by atoms with van der Waals surface area (Å²) in [4.78, 5) is 10.4. The summed E-state index contributed by atoms with van der Waals surface area (Å²) < 4.78 is 12.4. The third-order valence-corrected chi connectivity index (χ3v) is 2.67. The Morgan fingerprint density at radius 1 is 1.40 bits per heavy atom. The molecule has 0 aromatic rings. The molecule has 2 fully saturated rings. The first-order chi connectivity index (χ1) is 4.70. The van der Waals surface area contributed by atoms with E-state index in [4.69, 9.17) is 5.11 Å². The van der Waals surface area contributed by atoms with Gasteiger partial charge in [-0.25, -0.2) is 4.39 Å². The predicted molar refractivity (Wildman–Crippen MR) is 32.2 cm³/mol. The molecule has 0 heterocycles. The van der Waals surface area contributed by atoms with Gasteiger partial charge in [-0.3, -0.25) is 4.79 Å². The van der Waals surface area contributed by atoms with E-state index in [0.717, 1.165) is 0 Å². The van der Waals surface area contributed by atoms with Crippen LogP contribution in [0.15, 0.2) is 0 Å². The molecule has 0 bridgehead atoms. The molecule has 2 unspecified atom stereocenters. The molecular formula is C7H9FO2. The van der Waals surface area contributed by atoms with Crippen molar-refractivity contribution >= 4 is 5.97 Å². The van der Waals surface area contributed by atoms with E-state index >= 15 is 0 Å². The van der Waals surface area contributed by atoms with Crippen LogP contribution in [0.1, 0.15) is 12.8 Å². The van der Waals surface area contributed by atoms with Crippen LogP contribution in [0.25, 0.3) is 0 Å². The van der Waals surface area contributed by atoms with Gasteiger partial charge in [0.1, 0.15) is 6.17 Å². The number of fused-ring (bicyclic) bond motifs is 1. The summed E-state index contributed by atoms with van der Waals surface area (Å²) in [6.45, 7) is 0. The fourth-order valence-corrected chi connectivity index (χ4v) is 2.14. The third-order valence-electron chi connectivity index (χ3n) is 2.67. The highest BCUT2D eigenvalue weighted by molar-refractivity contribution is 5.74. The summed E-state index contributed by atoms with van der Waals surface area (Å²) in [7, 11) is 0. The third kappa shape index (κ3) is 0.662. The van der Waals surface area contributed by atoms with Crippen molar-refractivity contribution in [2.75, 3.05) is 0 Å². The average Bonchev–Trinajstić information content (AvgIpc) is 2.32. The lowest BCUT2D eigenvalue weighted by atomic mass is 10.1. The maximum atomic E-state index is 12.4. The first-order valence-corrected chi connectivity index (χ1v) is 3.57. The number of aliphatic carboxylic acids is 1. The molecule has 2 saturated carbocycles. The lowest BCUT2D eigenvalue weighted by Gasteiger charge is -2.00. The van der Waals surface area contributed by atoms with Crippen LogP contribution in [0, 0.1) is 17.8 Å². The summed E-state index contributed by atoms with van der Waals surface area (Å²) in [5.41, 5.74) is 0. The van der Waals surface area contributed by atoms with E-state index in [1.807, 2.05) is 0 Å². The molecule has 56 valence electrons. The molecule has 0 spiro atoms. The molecule has 10 heavy (non-hydrogen) atoms. The maximum Gasteiger partial charge on any atom is 0.307 e. The van der Waals surface area contributed by atoms with E-state index in [0.29, 0.717) is 12.8 Å². The summed E-state index contributed by atoms with van der Waals surface area (Å²) in [5, 5.41) is 8.52. The van der Waals surface area contributed by atoms with Gasteiger partial charge in [0.05, 0.1) is 5.92 Å². The number of rotatable bonds is 1. The minimum Gasteiger partial charge on any atom is -0.481 e. The standard InChI is InChI=1S/C7H9FO2/c8-3-1-4-5(2-3)6(4)7(9)10/h3-6H,1-2H2,(H,9,10). The molecule has 0 saturated heterocycles. The molecule has 2 rings (SSSR count). The van der Waals surface area contributed by atoms with Gasteiger partial charge in [-0.15, -0.1) is 0 Å². The zero-order valence-electron chi connectivity index (χ0n) is 5.46. The minimum absolute atomic E-state index is 0.174. The highest BCUT2D eigenvalue weighted by Gasteiger charge is 2.60. The second kappa shape index (κ2) is 1.71. The Labute approximate surface area is 58.0 Å². The Balaban J connectivity index is 1.98. The molecule has 0 radical (unpaired) electrons. The van der Waals surface area contributed by atoms with Crippen molar-refractivity contribution in [1.29, 1.82) is 0 Å². The van der Waals surface area contributed by atoms with Crippen molar-refractivity contribution in [3.8, 4) is 0 Å². The van der Waals surface area contributed by atoms with E-state index in [9.17, 15) is 9.18 Å². The quantitative estimate of drug-likeness (QED) is 0.597. The monoisotopic (exact) mass is 144 g/mol. The van der Waals surface area contributed by atoms with E-state index < -0.39 is 12.1 Å². The Morgan fingerprint density at radius 3 is 2.30 bits per heavy atom. The van der Waals surface area contributed by atoms with E-state index in [2.05, 4.69) is 0 Å². The highest BCUT2D eigenvalue weighted by atomic mass is 19.1. The van der Waals surface area contributed by atoms with Gasteiger partial charge in [-0.2, -0.15) is 0 Å². The lowest BCUT2D eigenvalue weighted by molar-refractivity contribution is -0.139. The van der Waals surface area contributed by atoms with Crippen molar-refractivity contribution in [1.82, 2.24) is 0 Å². The maximum absolute atomic E-state index is 12.4. The summed E-state index contributed by atoms with van der Waals surface area (Å²) in [5.74, 6) is -0.589. The molecule has 2 nitrogen and oxygen atoms in total. The molecule has 3 heteroatoms. The Hall–Kier alpha value is -0.600. The van der Waals surface area contributed by atoms with Crippen LogP contribution in [0.3, 0.4) is 0 Å². The van der Waals surface area contributed by atoms with Crippen LogP contribution in [0.4, 0.5) is 4.39 Å². The van der Waals surface area contributed by atoms with Gasteiger partial charge in [-0.05, 0) is 24.7 Å². The molecule has 0 aliphatic heterocycles. The first kappa shape index (κ1) is 6.13. The van der Waals surface area contributed by atoms with Gasteiger partial charge in [0.25, 0.3) is 0 Å². The Bertz CT molecular complexity index is 168. The van der Waals surface area contributed by atoms with Crippen molar-refractivity contribution in [3.05, 3.63) is 0 Å². The second-order valence-corrected chi connectivity index (χ2v) is 3.26. The summed E-state index contributed by atoms with van der Waals surface area (Å²) in [6, 6.07) is 0. The molecular weight excluding hydrogens is 135 g/mol. The lowest BCUT2D eigenvalue weighted by Crippen LogP contribution is -2.07. The van der Waals surface area contributed by atoms with Crippen molar-refractivity contribution in [2.24, 2.45) is 17.8 Å². The van der Waals surface area contributed by atoms with Gasteiger partial charge < -0.3 is 5.11 Å². The molecule has 1 N–H and O–H groups in total. The summed E-state index contributed by atoms with van der Waals surface area (Å²) in [6.07, 6.45) is 0.258. The fourth-order valence-electron chi connectivity index (χ4n) is 2.14. The van der Waals surface area contributed by atoms with Gasteiger partial charge in [0.2, 0.25) is 0 Å². The van der Waals surface area contributed by atoms with E-state index in [1.165, 1.54) is 0 Å². The second-order valence-electron chi connectivity index (χ2n) is 3.26. The molecule has 2 atom stereocenters. The van der Waals surface area contributed by atoms with Gasteiger partial charge in [-0.1, -0.05) is 0 Å². The van der Waals surface area contributed by atoms with Crippen LogP contribution in [0.5, 0.6) is 0 Å². The number of halogens is 1. The first-order valence-electron chi connectivity index (χ1n) is 3.57. The van der Waals surface area contributed by atoms with Crippen molar-refractivity contribution < 1.29 is 14.3 Å². The van der Waals surface area contributed by atoms with Crippen molar-refractivity contribution in [2.45, 2.75) is 19.0 Å². The molecule has 0 aromatic heterocycles. The van der Waals surface area contributed by atoms with E-state index in [-0.39, 0.29) is 17.8 Å². The number of alkyl halides is 1. The molecule has 2 aliphatic rings. The Kier molecular flexibility index (Phi) is 1.05. The van der Waals surface area contributed by atoms with Gasteiger partial charge in [0.15, 0.2) is 0 Å². The molecule has 0 aromatic carbocycles. The molecule has 2 aliphatic carbocycles. The summed E-state index contributed by atoms with van der Waals surface area (Å²) >= 11 is 0. The van der Waals surface area contributed by atoms with Crippen LogP contribution in [-0.4, -0.2) is 17.2 Å². The largest absolute Gasteiger partial charge is 0.481 e. The SMILES string of the molecule is O=C(O)C1C2CC(F)CC21. The number of carboxylic acid groups (broad SMARTS) is 1. The zero-order chi connectivity index (χ0) is 7.30. The van der Waals surface area contributed by atoms with Crippen LogP contribution in [-0.2, 0) is 4.79 Å². The highest BCUT2D eigenvalue weighted by Crippen LogP contribution is 2.58. The minimum atomic E-state index is -0.734. The van der Waals surface area contributed by atoms with E-state index in [1.54, 1.807) is 0 Å². The number of hydrogen-bond donors (Lipinski definition) is 1. The Morgan fingerprint density at radius 2 is 1.90 bits per heavy atom. The predicted octanol–water partition coefficient (Wildman–Crippen LogP) is 1.07. The van der Waals surface area contributed by atoms with Crippen molar-refractivity contribution in [3.63, 3.8) is 0 Å². The normalized spacial score (nSPS) is 50.5. The van der Waals surface area contributed by atoms with Crippen LogP contribution >= 0.6 is 0 Å². The number of carboxylic acids is 1. The molecule has 0 amide bonds. The topological polar surface area (TPSA) is 37.3 Å². The van der Waals surface area contributed by atoms with Gasteiger partial charge in [0, 0.05) is 0 Å². The smallest absolute Gasteiger partial charge is 0.307 e.